The van der Waals surface area contributed by atoms with Crippen LogP contribution in [0.1, 0.15) is 0 Å². The number of hydrogen-bond acceptors (Lipinski definition) is 5. The van der Waals surface area contributed by atoms with Crippen LogP contribution in [-0.4, -0.2) is 14.9 Å². The molecule has 0 saturated heterocycles. The van der Waals surface area contributed by atoms with Gasteiger partial charge in [0.25, 0.3) is 0 Å². The SMILES string of the molecule is Nc1cccc(Cl)c1-c1nnc(N)n1N. The molecule has 2 aromatic rings. The van der Waals surface area contributed by atoms with Gasteiger partial charge in [0.1, 0.15) is 0 Å². The summed E-state index contributed by atoms with van der Waals surface area (Å²) in [6, 6.07) is 5.13. The van der Waals surface area contributed by atoms with Crippen LogP contribution in [-0.2, 0) is 0 Å². The number of aromatic nitrogens is 3. The standard InChI is InChI=1S/C8H9ClN6/c9-4-2-1-3-5(10)6(4)7-13-14-8(11)15(7)12/h1-3H,10,12H2,(H2,11,14). The summed E-state index contributed by atoms with van der Waals surface area (Å²) in [7, 11) is 0. The van der Waals surface area contributed by atoms with E-state index in [1.165, 1.54) is 0 Å². The number of rotatable bonds is 1. The second-order valence-corrected chi connectivity index (χ2v) is 3.36. The first-order chi connectivity index (χ1) is 7.11. The topological polar surface area (TPSA) is 109 Å². The van der Waals surface area contributed by atoms with Gasteiger partial charge in [-0.25, -0.2) is 4.68 Å². The Bertz CT molecular complexity index is 486. The highest BCUT2D eigenvalue weighted by Crippen LogP contribution is 2.31. The van der Waals surface area contributed by atoms with Crippen LogP contribution in [0.4, 0.5) is 11.6 Å². The summed E-state index contributed by atoms with van der Waals surface area (Å²) < 4.78 is 1.14. The summed E-state index contributed by atoms with van der Waals surface area (Å²) >= 11 is 5.99. The third-order valence-corrected chi connectivity index (χ3v) is 2.31. The summed E-state index contributed by atoms with van der Waals surface area (Å²) in [5.41, 5.74) is 12.2. The van der Waals surface area contributed by atoms with Crippen LogP contribution in [0.25, 0.3) is 11.4 Å². The molecule has 78 valence electrons. The number of halogens is 1. The van der Waals surface area contributed by atoms with E-state index in [4.69, 9.17) is 28.9 Å². The minimum Gasteiger partial charge on any atom is -0.398 e. The summed E-state index contributed by atoms with van der Waals surface area (Å²) in [6.45, 7) is 0. The number of hydrogen-bond donors (Lipinski definition) is 3. The second kappa shape index (κ2) is 3.32. The molecule has 0 aliphatic carbocycles. The molecule has 15 heavy (non-hydrogen) atoms. The highest BCUT2D eigenvalue weighted by atomic mass is 35.5. The molecule has 0 aliphatic heterocycles. The van der Waals surface area contributed by atoms with E-state index in [1.54, 1.807) is 18.2 Å². The van der Waals surface area contributed by atoms with E-state index in [0.717, 1.165) is 4.68 Å². The molecular formula is C8H9ClN6. The van der Waals surface area contributed by atoms with Gasteiger partial charge in [-0.05, 0) is 12.1 Å². The molecule has 0 aliphatic rings. The molecule has 6 N–H and O–H groups in total. The molecule has 1 heterocycles. The van der Waals surface area contributed by atoms with Crippen molar-refractivity contribution in [2.45, 2.75) is 0 Å². The Labute approximate surface area is 90.6 Å². The van der Waals surface area contributed by atoms with E-state index in [9.17, 15) is 0 Å². The summed E-state index contributed by atoms with van der Waals surface area (Å²) in [5, 5.41) is 7.88. The molecule has 0 fully saturated rings. The smallest absolute Gasteiger partial charge is 0.241 e. The third-order valence-electron chi connectivity index (χ3n) is 1.99. The first-order valence-corrected chi connectivity index (χ1v) is 4.49. The summed E-state index contributed by atoms with van der Waals surface area (Å²) in [5.74, 6) is 6.07. The van der Waals surface area contributed by atoms with Crippen molar-refractivity contribution in [2.24, 2.45) is 0 Å². The lowest BCUT2D eigenvalue weighted by Gasteiger charge is -2.06. The zero-order valence-electron chi connectivity index (χ0n) is 7.68. The van der Waals surface area contributed by atoms with Gasteiger partial charge >= 0.3 is 0 Å². The molecule has 1 aromatic carbocycles. The number of anilines is 2. The molecule has 0 atom stereocenters. The molecule has 7 heteroatoms. The Morgan fingerprint density at radius 2 is 1.93 bits per heavy atom. The predicted molar refractivity (Wildman–Crippen MR) is 59.4 cm³/mol. The number of nitrogens with two attached hydrogens (primary N) is 3. The van der Waals surface area contributed by atoms with Gasteiger partial charge in [-0.3, -0.25) is 0 Å². The van der Waals surface area contributed by atoms with Crippen molar-refractivity contribution in [1.82, 2.24) is 14.9 Å². The van der Waals surface area contributed by atoms with E-state index in [0.29, 0.717) is 22.1 Å². The van der Waals surface area contributed by atoms with Gasteiger partial charge < -0.3 is 17.3 Å². The molecule has 6 nitrogen and oxygen atoms in total. The normalized spacial score (nSPS) is 10.5. The number of nitrogens with zero attached hydrogens (tertiary/aromatic N) is 3. The fourth-order valence-corrected chi connectivity index (χ4v) is 1.52. The Kier molecular flexibility index (Phi) is 2.12. The average Bonchev–Trinajstić information content (AvgIpc) is 2.49. The Morgan fingerprint density at radius 1 is 1.20 bits per heavy atom. The lowest BCUT2D eigenvalue weighted by Crippen LogP contribution is -2.14. The van der Waals surface area contributed by atoms with E-state index >= 15 is 0 Å². The Balaban J connectivity index is 2.69. The highest BCUT2D eigenvalue weighted by molar-refractivity contribution is 6.33. The van der Waals surface area contributed by atoms with Crippen LogP contribution in [0.3, 0.4) is 0 Å². The zero-order chi connectivity index (χ0) is 11.0. The van der Waals surface area contributed by atoms with Gasteiger partial charge in [0, 0.05) is 5.69 Å². The molecule has 0 radical (unpaired) electrons. The van der Waals surface area contributed by atoms with E-state index in [1.807, 2.05) is 0 Å². The second-order valence-electron chi connectivity index (χ2n) is 2.96. The number of nitrogen functional groups attached to an aromatic ring is 3. The van der Waals surface area contributed by atoms with Crippen LogP contribution in [0.15, 0.2) is 18.2 Å². The van der Waals surface area contributed by atoms with Crippen LogP contribution in [0.5, 0.6) is 0 Å². The maximum atomic E-state index is 5.99. The lowest BCUT2D eigenvalue weighted by molar-refractivity contribution is 1.02. The van der Waals surface area contributed by atoms with Gasteiger partial charge in [-0.1, -0.05) is 17.7 Å². The van der Waals surface area contributed by atoms with Crippen molar-refractivity contribution in [1.29, 1.82) is 0 Å². The monoisotopic (exact) mass is 224 g/mol. The quantitative estimate of drug-likeness (QED) is 0.482. The summed E-state index contributed by atoms with van der Waals surface area (Å²) in [4.78, 5) is 0. The molecule has 1 aromatic heterocycles. The Hall–Kier alpha value is -1.95. The minimum absolute atomic E-state index is 0.101. The molecule has 0 saturated carbocycles. The maximum Gasteiger partial charge on any atom is 0.241 e. The van der Waals surface area contributed by atoms with E-state index in [2.05, 4.69) is 10.2 Å². The van der Waals surface area contributed by atoms with Crippen molar-refractivity contribution in [3.8, 4) is 11.4 Å². The van der Waals surface area contributed by atoms with Crippen molar-refractivity contribution in [3.63, 3.8) is 0 Å². The largest absolute Gasteiger partial charge is 0.398 e. The lowest BCUT2D eigenvalue weighted by atomic mass is 10.1. The van der Waals surface area contributed by atoms with Gasteiger partial charge in [0.2, 0.25) is 5.95 Å². The summed E-state index contributed by atoms with van der Waals surface area (Å²) in [6.07, 6.45) is 0. The predicted octanol–water partition coefficient (Wildman–Crippen LogP) is 0.477. The van der Waals surface area contributed by atoms with Gasteiger partial charge in [0.05, 0.1) is 10.6 Å². The fourth-order valence-electron chi connectivity index (χ4n) is 1.25. The van der Waals surface area contributed by atoms with Gasteiger partial charge in [-0.2, -0.15) is 0 Å². The van der Waals surface area contributed by atoms with Crippen molar-refractivity contribution >= 4 is 23.2 Å². The first-order valence-electron chi connectivity index (χ1n) is 4.11. The highest BCUT2D eigenvalue weighted by Gasteiger charge is 2.15. The first kappa shape index (κ1) is 9.60. The van der Waals surface area contributed by atoms with Crippen LogP contribution in [0, 0.1) is 0 Å². The maximum absolute atomic E-state index is 5.99. The zero-order valence-corrected chi connectivity index (χ0v) is 8.44. The minimum atomic E-state index is 0.101. The van der Waals surface area contributed by atoms with Crippen molar-refractivity contribution in [3.05, 3.63) is 23.2 Å². The molecule has 0 spiro atoms. The molecule has 0 bridgehead atoms. The average molecular weight is 225 g/mol. The van der Waals surface area contributed by atoms with Crippen LogP contribution < -0.4 is 17.3 Å². The molecule has 0 amide bonds. The molecule has 2 rings (SSSR count). The molecule has 0 unspecified atom stereocenters. The Morgan fingerprint density at radius 3 is 2.47 bits per heavy atom. The van der Waals surface area contributed by atoms with Crippen molar-refractivity contribution < 1.29 is 0 Å². The molecular weight excluding hydrogens is 216 g/mol. The van der Waals surface area contributed by atoms with Crippen LogP contribution in [0.2, 0.25) is 5.02 Å². The fraction of sp³-hybridized carbons (Fsp3) is 0. The van der Waals surface area contributed by atoms with Crippen molar-refractivity contribution in [2.75, 3.05) is 17.3 Å². The van der Waals surface area contributed by atoms with E-state index in [-0.39, 0.29) is 5.95 Å². The number of benzene rings is 1. The van der Waals surface area contributed by atoms with E-state index < -0.39 is 0 Å². The van der Waals surface area contributed by atoms with Gasteiger partial charge in [-0.15, -0.1) is 10.2 Å². The van der Waals surface area contributed by atoms with Gasteiger partial charge in [0.15, 0.2) is 5.82 Å². The third kappa shape index (κ3) is 1.44. The van der Waals surface area contributed by atoms with Crippen LogP contribution >= 0.6 is 11.6 Å².